The molecular weight excluding hydrogens is 464 g/mol. The standard InChI is InChI=1S/C20H24N8O7/c1-27-12(8-22-16-15(27)18(32)25-20(21)24-16)9-28(26-35)11-4-2-10(3-5-11)17(31)23-13(19(33)34)6-7-14(29)30/h2-5,12-13H,6-9H2,1H3,(H,23,31)(H,29,30)(H,33,34)(H4,21,22,24,25,32)/p-2/t12-,13+/m1/s1. The highest BCUT2D eigenvalue weighted by Gasteiger charge is 2.29. The average Bonchev–Trinajstić information content (AvgIpc) is 2.80. The number of nitrogens with one attached hydrogen (secondary N) is 3. The number of fused-ring (bicyclic) bond motifs is 1. The van der Waals surface area contributed by atoms with Crippen LogP contribution in [0.3, 0.4) is 0 Å². The number of nitrogens with two attached hydrogens (primary N) is 1. The first-order chi connectivity index (χ1) is 16.6. The molecule has 0 aliphatic carbocycles. The number of carboxylic acid groups (broad SMARTS) is 2. The van der Waals surface area contributed by atoms with Crippen molar-refractivity contribution in [1.82, 2.24) is 15.3 Å². The summed E-state index contributed by atoms with van der Waals surface area (Å²) in [6.07, 6.45) is -0.962. The van der Waals surface area contributed by atoms with E-state index in [1.165, 1.54) is 24.3 Å². The zero-order valence-electron chi connectivity index (χ0n) is 18.5. The number of aromatic amines is 1. The van der Waals surface area contributed by atoms with Gasteiger partial charge in [0, 0.05) is 25.1 Å². The van der Waals surface area contributed by atoms with E-state index in [1.807, 2.05) is 0 Å². The Labute approximate surface area is 197 Å². The molecule has 0 saturated carbocycles. The number of H-pyrrole nitrogens is 1. The molecule has 1 aromatic heterocycles. The van der Waals surface area contributed by atoms with E-state index >= 15 is 0 Å². The molecule has 0 radical (unpaired) electrons. The van der Waals surface area contributed by atoms with E-state index in [4.69, 9.17) is 5.73 Å². The van der Waals surface area contributed by atoms with Gasteiger partial charge in [-0.3, -0.25) is 14.6 Å². The molecule has 5 N–H and O–H groups in total. The fraction of sp³-hybridized carbons (Fsp3) is 0.350. The summed E-state index contributed by atoms with van der Waals surface area (Å²) >= 11 is 0. The van der Waals surface area contributed by atoms with E-state index in [-0.39, 0.29) is 29.8 Å². The number of aromatic nitrogens is 2. The van der Waals surface area contributed by atoms with Crippen molar-refractivity contribution >= 4 is 41.0 Å². The summed E-state index contributed by atoms with van der Waals surface area (Å²) in [5.41, 5.74) is 5.79. The van der Waals surface area contributed by atoms with Crippen LogP contribution in [0.25, 0.3) is 0 Å². The van der Waals surface area contributed by atoms with E-state index in [0.717, 1.165) is 5.01 Å². The largest absolute Gasteiger partial charge is 0.550 e. The van der Waals surface area contributed by atoms with Crippen molar-refractivity contribution in [3.63, 3.8) is 0 Å². The topological polar surface area (TPSA) is 229 Å². The Morgan fingerprint density at radius 1 is 1.31 bits per heavy atom. The maximum absolute atomic E-state index is 12.4. The number of anilines is 4. The number of likely N-dealkylation sites (N-methyl/N-ethyl adjacent to an activating group) is 1. The summed E-state index contributed by atoms with van der Waals surface area (Å²) in [7, 11) is 1.67. The predicted octanol–water partition coefficient (Wildman–Crippen LogP) is -2.85. The number of carbonyl (C=O) groups is 3. The third-order valence-electron chi connectivity index (χ3n) is 5.46. The fourth-order valence-electron chi connectivity index (χ4n) is 3.58. The lowest BCUT2D eigenvalue weighted by Crippen LogP contribution is -2.50. The Morgan fingerprint density at radius 3 is 2.60 bits per heavy atom. The second-order valence-electron chi connectivity index (χ2n) is 7.76. The van der Waals surface area contributed by atoms with Gasteiger partial charge in [0.1, 0.15) is 5.69 Å². The molecule has 0 unspecified atom stereocenters. The zero-order chi connectivity index (χ0) is 25.7. The minimum absolute atomic E-state index is 0.0294. The van der Waals surface area contributed by atoms with Gasteiger partial charge >= 0.3 is 0 Å². The SMILES string of the molecule is CN1c2c(nc(N)[nH]c2=O)NC[C@@H]1CN(N=O)c1ccc(C(=O)N[C@@H](CCC(=O)[O-])C(=O)[O-])cc1. The van der Waals surface area contributed by atoms with Crippen molar-refractivity contribution in [2.75, 3.05) is 41.1 Å². The fourth-order valence-corrected chi connectivity index (χ4v) is 3.58. The zero-order valence-corrected chi connectivity index (χ0v) is 18.5. The van der Waals surface area contributed by atoms with E-state index in [0.29, 0.717) is 18.1 Å². The Morgan fingerprint density at radius 2 is 2.00 bits per heavy atom. The molecule has 1 amide bonds. The highest BCUT2D eigenvalue weighted by molar-refractivity contribution is 5.96. The molecule has 1 aliphatic heterocycles. The van der Waals surface area contributed by atoms with Gasteiger partial charge < -0.3 is 41.1 Å². The first-order valence-corrected chi connectivity index (χ1v) is 10.4. The van der Waals surface area contributed by atoms with Crippen molar-refractivity contribution in [1.29, 1.82) is 0 Å². The number of nitrogens with zero attached hydrogens (tertiary/aromatic N) is 4. The summed E-state index contributed by atoms with van der Waals surface area (Å²) in [5.74, 6) is -3.56. The Kier molecular flexibility index (Phi) is 7.48. The number of amides is 1. The van der Waals surface area contributed by atoms with Gasteiger partial charge in [0.2, 0.25) is 5.95 Å². The summed E-state index contributed by atoms with van der Waals surface area (Å²) in [6.45, 7) is 0.417. The van der Waals surface area contributed by atoms with Crippen LogP contribution < -0.4 is 42.0 Å². The van der Waals surface area contributed by atoms with Gasteiger partial charge in [-0.2, -0.15) is 4.98 Å². The maximum atomic E-state index is 12.4. The van der Waals surface area contributed by atoms with E-state index in [1.54, 1.807) is 11.9 Å². The second kappa shape index (κ2) is 10.5. The number of aliphatic carboxylic acids is 2. The van der Waals surface area contributed by atoms with Crippen molar-refractivity contribution in [3.8, 4) is 0 Å². The summed E-state index contributed by atoms with van der Waals surface area (Å²) in [4.78, 5) is 66.0. The average molecular weight is 486 g/mol. The third kappa shape index (κ3) is 5.82. The lowest BCUT2D eigenvalue weighted by atomic mass is 10.1. The molecular formula is C20H22N8O7-2. The molecule has 15 nitrogen and oxygen atoms in total. The van der Waals surface area contributed by atoms with Gasteiger partial charge in [0.15, 0.2) is 5.82 Å². The van der Waals surface area contributed by atoms with Crippen LogP contribution in [0, 0.1) is 4.91 Å². The van der Waals surface area contributed by atoms with Gasteiger partial charge in [-0.1, -0.05) is 0 Å². The molecule has 2 aromatic rings. The lowest BCUT2D eigenvalue weighted by Gasteiger charge is -2.36. The number of benzene rings is 1. The third-order valence-corrected chi connectivity index (χ3v) is 5.46. The molecule has 186 valence electrons. The number of hydrogen-bond acceptors (Lipinski definition) is 12. The maximum Gasteiger partial charge on any atom is 0.278 e. The number of nitrogen functional groups attached to an aromatic ring is 1. The van der Waals surface area contributed by atoms with Crippen molar-refractivity contribution < 1.29 is 24.6 Å². The molecule has 15 heteroatoms. The number of rotatable bonds is 10. The molecule has 2 heterocycles. The van der Waals surface area contributed by atoms with Crippen LogP contribution in [-0.2, 0) is 9.59 Å². The quantitative estimate of drug-likeness (QED) is 0.196. The van der Waals surface area contributed by atoms with Crippen LogP contribution >= 0.6 is 0 Å². The van der Waals surface area contributed by atoms with Crippen molar-refractivity contribution in [3.05, 3.63) is 45.1 Å². The molecule has 1 aliphatic rings. The van der Waals surface area contributed by atoms with Gasteiger partial charge in [-0.25, -0.2) is 5.01 Å². The molecule has 0 bridgehead atoms. The number of hydrogen-bond donors (Lipinski definition) is 4. The highest BCUT2D eigenvalue weighted by atomic mass is 16.4. The minimum atomic E-state index is -1.63. The summed E-state index contributed by atoms with van der Waals surface area (Å²) in [5, 5.41) is 31.1. The van der Waals surface area contributed by atoms with Crippen LogP contribution in [0.5, 0.6) is 0 Å². The predicted molar refractivity (Wildman–Crippen MR) is 120 cm³/mol. The first kappa shape index (κ1) is 24.9. The van der Waals surface area contributed by atoms with Gasteiger partial charge in [-0.15, -0.1) is 4.91 Å². The van der Waals surface area contributed by atoms with Gasteiger partial charge in [0.05, 0.1) is 35.6 Å². The van der Waals surface area contributed by atoms with Gasteiger partial charge in [0.25, 0.3) is 11.5 Å². The number of carbonyl (C=O) groups excluding carboxylic acids is 3. The lowest BCUT2D eigenvalue weighted by molar-refractivity contribution is -0.309. The van der Waals surface area contributed by atoms with Crippen LogP contribution in [-0.4, -0.2) is 60.0 Å². The molecule has 1 aromatic carbocycles. The summed E-state index contributed by atoms with van der Waals surface area (Å²) in [6, 6.07) is 3.70. The van der Waals surface area contributed by atoms with Crippen molar-refractivity contribution in [2.45, 2.75) is 24.9 Å². The Balaban J connectivity index is 1.69. The van der Waals surface area contributed by atoms with Crippen LogP contribution in [0.4, 0.5) is 23.1 Å². The molecule has 0 spiro atoms. The van der Waals surface area contributed by atoms with Crippen LogP contribution in [0.1, 0.15) is 23.2 Å². The van der Waals surface area contributed by atoms with E-state index < -0.39 is 42.3 Å². The second-order valence-corrected chi connectivity index (χ2v) is 7.76. The molecule has 35 heavy (non-hydrogen) atoms. The first-order valence-electron chi connectivity index (χ1n) is 10.4. The van der Waals surface area contributed by atoms with Crippen molar-refractivity contribution in [2.24, 2.45) is 5.29 Å². The van der Waals surface area contributed by atoms with Gasteiger partial charge in [-0.05, 0) is 37.1 Å². The number of nitroso groups, excluding NO2 is 1. The normalized spacial score (nSPS) is 15.3. The monoisotopic (exact) mass is 486 g/mol. The highest BCUT2D eigenvalue weighted by Crippen LogP contribution is 2.26. The van der Waals surface area contributed by atoms with Crippen LogP contribution in [0.15, 0.2) is 34.3 Å². The molecule has 0 saturated heterocycles. The van der Waals surface area contributed by atoms with E-state index in [2.05, 4.69) is 25.9 Å². The number of carboxylic acids is 2. The summed E-state index contributed by atoms with van der Waals surface area (Å²) < 4.78 is 0. The smallest absolute Gasteiger partial charge is 0.278 e. The minimum Gasteiger partial charge on any atom is -0.550 e. The Bertz CT molecular complexity index is 1180. The van der Waals surface area contributed by atoms with E-state index in [9.17, 15) is 34.3 Å². The molecule has 0 fully saturated rings. The Hall–Kier alpha value is -4.69. The molecule has 3 rings (SSSR count). The molecule has 2 atom stereocenters. The van der Waals surface area contributed by atoms with Crippen LogP contribution in [0.2, 0.25) is 0 Å².